The first-order valence-electron chi connectivity index (χ1n) is 6.42. The van der Waals surface area contributed by atoms with Crippen LogP contribution in [0.25, 0.3) is 0 Å². The van der Waals surface area contributed by atoms with Gasteiger partial charge in [0.15, 0.2) is 6.29 Å². The van der Waals surface area contributed by atoms with Crippen molar-refractivity contribution < 1.29 is 9.47 Å². The second-order valence-corrected chi connectivity index (χ2v) is 5.16. The van der Waals surface area contributed by atoms with Crippen molar-refractivity contribution in [1.29, 1.82) is 0 Å². The molecule has 0 saturated carbocycles. The fraction of sp³-hybridized carbons (Fsp3) is 1.00. The highest BCUT2D eigenvalue weighted by Crippen LogP contribution is 2.28. The standard InChI is InChI=1S/C12H24N2O2/c1-9(2)14-5-3-10(4-6-14)12-15-8-11(7-13)16-12/h9-12H,3-8,13H2,1-2H3. The first kappa shape index (κ1) is 12.3. The number of hydrogen-bond acceptors (Lipinski definition) is 4. The van der Waals surface area contributed by atoms with Gasteiger partial charge in [-0.2, -0.15) is 0 Å². The Hall–Kier alpha value is -0.160. The van der Waals surface area contributed by atoms with E-state index in [1.54, 1.807) is 0 Å². The van der Waals surface area contributed by atoms with E-state index in [0.717, 1.165) is 0 Å². The van der Waals surface area contributed by atoms with Crippen molar-refractivity contribution in [2.24, 2.45) is 11.7 Å². The zero-order valence-electron chi connectivity index (χ0n) is 10.4. The molecule has 0 aromatic rings. The number of piperidine rings is 1. The monoisotopic (exact) mass is 228 g/mol. The number of nitrogens with zero attached hydrogens (tertiary/aromatic N) is 1. The van der Waals surface area contributed by atoms with Crippen LogP contribution in [0.1, 0.15) is 26.7 Å². The fourth-order valence-electron chi connectivity index (χ4n) is 2.55. The number of ether oxygens (including phenoxy) is 2. The zero-order chi connectivity index (χ0) is 11.5. The van der Waals surface area contributed by atoms with Crippen molar-refractivity contribution in [3.05, 3.63) is 0 Å². The van der Waals surface area contributed by atoms with Gasteiger partial charge in [0.05, 0.1) is 12.7 Å². The normalized spacial score (nSPS) is 33.8. The Labute approximate surface area is 98.1 Å². The SMILES string of the molecule is CC(C)N1CCC(C2OCC(CN)O2)CC1. The molecule has 4 heteroatoms. The van der Waals surface area contributed by atoms with Crippen LogP contribution in [-0.2, 0) is 9.47 Å². The van der Waals surface area contributed by atoms with Crippen molar-refractivity contribution >= 4 is 0 Å². The van der Waals surface area contributed by atoms with Crippen LogP contribution in [0.2, 0.25) is 0 Å². The van der Waals surface area contributed by atoms with Crippen molar-refractivity contribution in [2.75, 3.05) is 26.2 Å². The van der Waals surface area contributed by atoms with Crippen LogP contribution < -0.4 is 5.73 Å². The van der Waals surface area contributed by atoms with E-state index in [2.05, 4.69) is 18.7 Å². The summed E-state index contributed by atoms with van der Waals surface area (Å²) in [6.07, 6.45) is 2.48. The molecule has 2 aliphatic heterocycles. The van der Waals surface area contributed by atoms with Crippen LogP contribution in [0.5, 0.6) is 0 Å². The van der Waals surface area contributed by atoms with E-state index >= 15 is 0 Å². The van der Waals surface area contributed by atoms with Crippen LogP contribution in [-0.4, -0.2) is 49.6 Å². The van der Waals surface area contributed by atoms with Crippen LogP contribution in [0, 0.1) is 5.92 Å². The van der Waals surface area contributed by atoms with Crippen molar-refractivity contribution in [3.63, 3.8) is 0 Å². The molecule has 0 bridgehead atoms. The molecule has 16 heavy (non-hydrogen) atoms. The Morgan fingerprint density at radius 1 is 1.31 bits per heavy atom. The summed E-state index contributed by atoms with van der Waals surface area (Å²) in [5.41, 5.74) is 5.57. The third-order valence-electron chi connectivity index (χ3n) is 3.73. The Balaban J connectivity index is 1.77. The van der Waals surface area contributed by atoms with Crippen molar-refractivity contribution in [1.82, 2.24) is 4.90 Å². The largest absolute Gasteiger partial charge is 0.350 e. The number of rotatable bonds is 3. The summed E-state index contributed by atoms with van der Waals surface area (Å²) in [5, 5.41) is 0. The molecule has 94 valence electrons. The second kappa shape index (κ2) is 5.45. The molecule has 2 rings (SSSR count). The van der Waals surface area contributed by atoms with E-state index in [1.165, 1.54) is 25.9 Å². The van der Waals surface area contributed by atoms with E-state index in [9.17, 15) is 0 Å². The zero-order valence-corrected chi connectivity index (χ0v) is 10.4. The van der Waals surface area contributed by atoms with Crippen LogP contribution in [0.15, 0.2) is 0 Å². The Kier molecular flexibility index (Phi) is 4.19. The number of hydrogen-bond donors (Lipinski definition) is 1. The molecule has 2 heterocycles. The van der Waals surface area contributed by atoms with Gasteiger partial charge in [0.2, 0.25) is 0 Å². The smallest absolute Gasteiger partial charge is 0.161 e. The summed E-state index contributed by atoms with van der Waals surface area (Å²) in [7, 11) is 0. The highest BCUT2D eigenvalue weighted by atomic mass is 16.7. The Morgan fingerprint density at radius 2 is 2.00 bits per heavy atom. The average Bonchev–Trinajstić information content (AvgIpc) is 2.77. The van der Waals surface area contributed by atoms with Gasteiger partial charge in [0.1, 0.15) is 0 Å². The predicted molar refractivity (Wildman–Crippen MR) is 63.1 cm³/mol. The predicted octanol–water partition coefficient (Wildman–Crippen LogP) is 0.807. The average molecular weight is 228 g/mol. The molecular weight excluding hydrogens is 204 g/mol. The molecule has 2 fully saturated rings. The summed E-state index contributed by atoms with van der Waals surface area (Å²) in [6.45, 7) is 8.09. The van der Waals surface area contributed by atoms with E-state index in [1.807, 2.05) is 0 Å². The van der Waals surface area contributed by atoms with Gasteiger partial charge in [-0.3, -0.25) is 0 Å². The number of likely N-dealkylation sites (tertiary alicyclic amines) is 1. The summed E-state index contributed by atoms with van der Waals surface area (Å²) < 4.78 is 11.5. The second-order valence-electron chi connectivity index (χ2n) is 5.16. The van der Waals surface area contributed by atoms with E-state index in [-0.39, 0.29) is 12.4 Å². The molecule has 4 nitrogen and oxygen atoms in total. The third kappa shape index (κ3) is 2.74. The first-order chi connectivity index (χ1) is 7.70. The van der Waals surface area contributed by atoms with Gasteiger partial charge in [-0.1, -0.05) is 0 Å². The lowest BCUT2D eigenvalue weighted by Gasteiger charge is -2.36. The molecule has 2 unspecified atom stereocenters. The Bertz CT molecular complexity index is 215. The molecule has 2 saturated heterocycles. The fourth-order valence-corrected chi connectivity index (χ4v) is 2.55. The molecule has 2 N–H and O–H groups in total. The maximum Gasteiger partial charge on any atom is 0.161 e. The van der Waals surface area contributed by atoms with Gasteiger partial charge < -0.3 is 20.1 Å². The van der Waals surface area contributed by atoms with Gasteiger partial charge in [0, 0.05) is 18.5 Å². The summed E-state index contributed by atoms with van der Waals surface area (Å²) >= 11 is 0. The Morgan fingerprint density at radius 3 is 2.50 bits per heavy atom. The lowest BCUT2D eigenvalue weighted by molar-refractivity contribution is -0.109. The minimum absolute atomic E-state index is 0.00265. The third-order valence-corrected chi connectivity index (χ3v) is 3.73. The lowest BCUT2D eigenvalue weighted by atomic mass is 9.95. The van der Waals surface area contributed by atoms with Crippen LogP contribution >= 0.6 is 0 Å². The van der Waals surface area contributed by atoms with Crippen molar-refractivity contribution in [2.45, 2.75) is 45.1 Å². The van der Waals surface area contributed by atoms with Gasteiger partial charge >= 0.3 is 0 Å². The summed E-state index contributed by atoms with van der Waals surface area (Å²) in [4.78, 5) is 2.52. The number of nitrogens with two attached hydrogens (primary N) is 1. The molecule has 0 aromatic heterocycles. The van der Waals surface area contributed by atoms with Gasteiger partial charge in [-0.05, 0) is 39.8 Å². The molecule has 0 spiro atoms. The highest BCUT2D eigenvalue weighted by molar-refractivity contribution is 4.79. The maximum absolute atomic E-state index is 5.78. The molecule has 2 aliphatic rings. The first-order valence-corrected chi connectivity index (χ1v) is 6.42. The van der Waals surface area contributed by atoms with Crippen LogP contribution in [0.3, 0.4) is 0 Å². The van der Waals surface area contributed by atoms with E-state index in [0.29, 0.717) is 25.1 Å². The molecule has 0 radical (unpaired) electrons. The lowest BCUT2D eigenvalue weighted by Crippen LogP contribution is -2.41. The molecule has 0 aliphatic carbocycles. The quantitative estimate of drug-likeness (QED) is 0.776. The molecular formula is C12H24N2O2. The minimum atomic E-state index is 0.00265. The van der Waals surface area contributed by atoms with Gasteiger partial charge in [-0.15, -0.1) is 0 Å². The van der Waals surface area contributed by atoms with E-state index in [4.69, 9.17) is 15.2 Å². The van der Waals surface area contributed by atoms with Crippen molar-refractivity contribution in [3.8, 4) is 0 Å². The van der Waals surface area contributed by atoms with Crippen LogP contribution in [0.4, 0.5) is 0 Å². The maximum atomic E-state index is 5.78. The molecule has 0 amide bonds. The molecule has 2 atom stereocenters. The minimum Gasteiger partial charge on any atom is -0.350 e. The summed E-state index contributed by atoms with van der Waals surface area (Å²) in [5.74, 6) is 0.562. The van der Waals surface area contributed by atoms with E-state index < -0.39 is 0 Å². The summed E-state index contributed by atoms with van der Waals surface area (Å²) in [6, 6.07) is 0.656. The van der Waals surface area contributed by atoms with Gasteiger partial charge in [-0.25, -0.2) is 0 Å². The highest BCUT2D eigenvalue weighted by Gasteiger charge is 2.34. The van der Waals surface area contributed by atoms with Gasteiger partial charge in [0.25, 0.3) is 0 Å². The topological polar surface area (TPSA) is 47.7 Å². The molecule has 0 aromatic carbocycles.